The Morgan fingerprint density at radius 3 is 2.52 bits per heavy atom. The van der Waals surface area contributed by atoms with Gasteiger partial charge in [0.2, 0.25) is 0 Å². The lowest BCUT2D eigenvalue weighted by atomic mass is 10.1. The Morgan fingerprint density at radius 2 is 1.71 bits per heavy atom. The van der Waals surface area contributed by atoms with E-state index in [0.29, 0.717) is 6.54 Å². The van der Waals surface area contributed by atoms with Crippen molar-refractivity contribution in [1.29, 1.82) is 0 Å². The fourth-order valence-electron chi connectivity index (χ4n) is 2.08. The SMILES string of the molecule is Fc1cccc(NCc2cc(-c3ccccc3)cs2)c1F. The highest BCUT2D eigenvalue weighted by Crippen LogP contribution is 2.26. The number of rotatable bonds is 4. The number of nitrogens with one attached hydrogen (secondary N) is 1. The van der Waals surface area contributed by atoms with Crippen LogP contribution in [0.15, 0.2) is 60.0 Å². The van der Waals surface area contributed by atoms with Crippen LogP contribution in [0.4, 0.5) is 14.5 Å². The second-order valence-corrected chi connectivity index (χ2v) is 5.62. The minimum Gasteiger partial charge on any atom is -0.378 e. The first-order valence-electron chi connectivity index (χ1n) is 6.55. The monoisotopic (exact) mass is 301 g/mol. The van der Waals surface area contributed by atoms with Crippen molar-refractivity contribution in [2.45, 2.75) is 6.54 Å². The number of anilines is 1. The third kappa shape index (κ3) is 3.11. The summed E-state index contributed by atoms with van der Waals surface area (Å²) in [5.41, 5.74) is 2.47. The molecule has 4 heteroatoms. The number of hydrogen-bond acceptors (Lipinski definition) is 2. The average molecular weight is 301 g/mol. The Labute approximate surface area is 125 Å². The molecule has 0 fully saturated rings. The maximum absolute atomic E-state index is 13.5. The third-order valence-corrected chi connectivity index (χ3v) is 4.10. The highest BCUT2D eigenvalue weighted by atomic mass is 32.1. The van der Waals surface area contributed by atoms with Gasteiger partial charge in [0, 0.05) is 11.4 Å². The van der Waals surface area contributed by atoms with Crippen molar-refractivity contribution in [3.05, 3.63) is 76.5 Å². The average Bonchev–Trinajstić information content (AvgIpc) is 2.99. The van der Waals surface area contributed by atoms with Crippen molar-refractivity contribution >= 4 is 17.0 Å². The molecule has 2 aromatic carbocycles. The molecule has 1 heterocycles. The van der Waals surface area contributed by atoms with Crippen LogP contribution in [0.25, 0.3) is 11.1 Å². The normalized spacial score (nSPS) is 10.6. The highest BCUT2D eigenvalue weighted by Gasteiger charge is 2.08. The Hall–Kier alpha value is -2.20. The van der Waals surface area contributed by atoms with Gasteiger partial charge in [0.05, 0.1) is 5.69 Å². The van der Waals surface area contributed by atoms with Gasteiger partial charge in [-0.3, -0.25) is 0 Å². The topological polar surface area (TPSA) is 12.0 Å². The quantitative estimate of drug-likeness (QED) is 0.689. The van der Waals surface area contributed by atoms with Crippen LogP contribution >= 0.6 is 11.3 Å². The lowest BCUT2D eigenvalue weighted by molar-refractivity contribution is 0.511. The Bertz CT molecular complexity index is 738. The summed E-state index contributed by atoms with van der Waals surface area (Å²) in [4.78, 5) is 1.07. The molecule has 1 aromatic heterocycles. The zero-order valence-electron chi connectivity index (χ0n) is 11.1. The number of hydrogen-bond donors (Lipinski definition) is 1. The molecule has 0 radical (unpaired) electrons. The molecule has 0 atom stereocenters. The molecule has 1 N–H and O–H groups in total. The Balaban J connectivity index is 1.72. The van der Waals surface area contributed by atoms with Crippen LogP contribution in [0.1, 0.15) is 4.88 Å². The first-order chi connectivity index (χ1) is 10.2. The van der Waals surface area contributed by atoms with Crippen LogP contribution < -0.4 is 5.32 Å². The molecule has 106 valence electrons. The number of halogens is 2. The van der Waals surface area contributed by atoms with Crippen LogP contribution in [0.2, 0.25) is 0 Å². The minimum atomic E-state index is -0.837. The first kappa shape index (κ1) is 13.8. The summed E-state index contributed by atoms with van der Waals surface area (Å²) < 4.78 is 26.7. The van der Waals surface area contributed by atoms with Gasteiger partial charge in [-0.05, 0) is 34.7 Å². The molecule has 0 bridgehead atoms. The van der Waals surface area contributed by atoms with E-state index in [-0.39, 0.29) is 5.69 Å². The molecule has 0 aliphatic heterocycles. The van der Waals surface area contributed by atoms with Gasteiger partial charge < -0.3 is 5.32 Å². The highest BCUT2D eigenvalue weighted by molar-refractivity contribution is 7.10. The summed E-state index contributed by atoms with van der Waals surface area (Å²) in [5, 5.41) is 4.99. The fourth-order valence-corrected chi connectivity index (χ4v) is 2.91. The van der Waals surface area contributed by atoms with E-state index in [1.807, 2.05) is 30.3 Å². The van der Waals surface area contributed by atoms with E-state index in [4.69, 9.17) is 0 Å². The maximum Gasteiger partial charge on any atom is 0.181 e. The minimum absolute atomic E-state index is 0.185. The lowest BCUT2D eigenvalue weighted by Gasteiger charge is -2.06. The van der Waals surface area contributed by atoms with E-state index in [1.54, 1.807) is 11.3 Å². The van der Waals surface area contributed by atoms with E-state index < -0.39 is 11.6 Å². The van der Waals surface area contributed by atoms with Crippen molar-refractivity contribution in [2.75, 3.05) is 5.32 Å². The van der Waals surface area contributed by atoms with Crippen molar-refractivity contribution in [2.24, 2.45) is 0 Å². The smallest absolute Gasteiger partial charge is 0.181 e. The maximum atomic E-state index is 13.5. The molecular weight excluding hydrogens is 288 g/mol. The zero-order chi connectivity index (χ0) is 14.7. The van der Waals surface area contributed by atoms with Crippen LogP contribution in [0.3, 0.4) is 0 Å². The summed E-state index contributed by atoms with van der Waals surface area (Å²) in [6.45, 7) is 0.470. The number of benzene rings is 2. The molecule has 21 heavy (non-hydrogen) atoms. The van der Waals surface area contributed by atoms with Crippen molar-refractivity contribution in [3.8, 4) is 11.1 Å². The van der Waals surface area contributed by atoms with Gasteiger partial charge in [0.15, 0.2) is 11.6 Å². The zero-order valence-corrected chi connectivity index (χ0v) is 12.0. The second kappa shape index (κ2) is 6.06. The van der Waals surface area contributed by atoms with Gasteiger partial charge in [-0.15, -0.1) is 11.3 Å². The van der Waals surface area contributed by atoms with Crippen molar-refractivity contribution < 1.29 is 8.78 Å². The van der Waals surface area contributed by atoms with E-state index in [9.17, 15) is 8.78 Å². The van der Waals surface area contributed by atoms with Gasteiger partial charge in [-0.2, -0.15) is 0 Å². The van der Waals surface area contributed by atoms with E-state index in [1.165, 1.54) is 12.1 Å². The second-order valence-electron chi connectivity index (χ2n) is 4.62. The summed E-state index contributed by atoms with van der Waals surface area (Å²) in [6, 6.07) is 16.3. The Kier molecular flexibility index (Phi) is 3.97. The number of thiophene rings is 1. The van der Waals surface area contributed by atoms with Crippen LogP contribution in [0.5, 0.6) is 0 Å². The molecule has 0 amide bonds. The van der Waals surface area contributed by atoms with Crippen LogP contribution in [-0.2, 0) is 6.54 Å². The van der Waals surface area contributed by atoms with Crippen LogP contribution in [0, 0.1) is 11.6 Å². The van der Waals surface area contributed by atoms with E-state index in [0.717, 1.165) is 22.1 Å². The van der Waals surface area contributed by atoms with Crippen molar-refractivity contribution in [1.82, 2.24) is 0 Å². The molecule has 3 rings (SSSR count). The standard InChI is InChI=1S/C17H13F2NS/c18-15-7-4-8-16(17(15)19)20-10-14-9-13(11-21-14)12-5-2-1-3-6-12/h1-9,11,20H,10H2. The predicted octanol–water partition coefficient (Wildman–Crippen LogP) is 5.31. The fraction of sp³-hybridized carbons (Fsp3) is 0.0588. The molecular formula is C17H13F2NS. The summed E-state index contributed by atoms with van der Waals surface area (Å²) in [5.74, 6) is -1.67. The van der Waals surface area contributed by atoms with E-state index >= 15 is 0 Å². The first-order valence-corrected chi connectivity index (χ1v) is 7.43. The summed E-state index contributed by atoms with van der Waals surface area (Å²) >= 11 is 1.59. The third-order valence-electron chi connectivity index (χ3n) is 3.17. The molecule has 3 aromatic rings. The molecule has 0 aliphatic carbocycles. The van der Waals surface area contributed by atoms with Gasteiger partial charge in [0.25, 0.3) is 0 Å². The van der Waals surface area contributed by atoms with Gasteiger partial charge >= 0.3 is 0 Å². The molecule has 0 spiro atoms. The predicted molar refractivity (Wildman–Crippen MR) is 83.4 cm³/mol. The lowest BCUT2D eigenvalue weighted by Crippen LogP contribution is -2.01. The largest absolute Gasteiger partial charge is 0.378 e. The van der Waals surface area contributed by atoms with Gasteiger partial charge in [-0.25, -0.2) is 8.78 Å². The molecule has 0 saturated carbocycles. The summed E-state index contributed by atoms with van der Waals surface area (Å²) in [7, 11) is 0. The molecule has 0 unspecified atom stereocenters. The summed E-state index contributed by atoms with van der Waals surface area (Å²) in [6.07, 6.45) is 0. The van der Waals surface area contributed by atoms with E-state index in [2.05, 4.69) is 16.8 Å². The molecule has 0 saturated heterocycles. The Morgan fingerprint density at radius 1 is 0.905 bits per heavy atom. The van der Waals surface area contributed by atoms with Crippen molar-refractivity contribution in [3.63, 3.8) is 0 Å². The van der Waals surface area contributed by atoms with Gasteiger partial charge in [0.1, 0.15) is 0 Å². The molecule has 0 aliphatic rings. The molecule has 1 nitrogen and oxygen atoms in total. The van der Waals surface area contributed by atoms with Crippen LogP contribution in [-0.4, -0.2) is 0 Å². The van der Waals surface area contributed by atoms with Gasteiger partial charge in [-0.1, -0.05) is 36.4 Å².